The van der Waals surface area contributed by atoms with E-state index in [1.165, 1.54) is 0 Å². The van der Waals surface area contributed by atoms with E-state index in [9.17, 15) is 18.0 Å². The lowest BCUT2D eigenvalue weighted by Crippen LogP contribution is -2.33. The van der Waals surface area contributed by atoms with Gasteiger partial charge in [0.1, 0.15) is 4.60 Å². The molecule has 112 valence electrons. The average Bonchev–Trinajstić information content (AvgIpc) is 2.26. The van der Waals surface area contributed by atoms with E-state index in [-0.39, 0.29) is 16.8 Å². The van der Waals surface area contributed by atoms with Gasteiger partial charge in [0.15, 0.2) is 5.69 Å². The van der Waals surface area contributed by atoms with Crippen LogP contribution in [0.15, 0.2) is 10.7 Å². The number of alkyl halides is 3. The van der Waals surface area contributed by atoms with Crippen LogP contribution in [0.3, 0.4) is 0 Å². The summed E-state index contributed by atoms with van der Waals surface area (Å²) in [5.41, 5.74) is 3.77. The molecule has 0 unspecified atom stereocenters. The number of nitrogens with one attached hydrogen (secondary N) is 1. The predicted octanol–water partition coefficient (Wildman–Crippen LogP) is 3.22. The smallest absolute Gasteiger partial charge is 0.397 e. The molecule has 0 atom stereocenters. The fourth-order valence-electron chi connectivity index (χ4n) is 1.32. The molecule has 0 aliphatic carbocycles. The number of amides is 1. The van der Waals surface area contributed by atoms with Crippen molar-refractivity contribution in [2.75, 3.05) is 12.3 Å². The van der Waals surface area contributed by atoms with Crippen LogP contribution in [0.5, 0.6) is 0 Å². The number of anilines is 1. The number of hydrogen-bond acceptors (Lipinski definition) is 3. The summed E-state index contributed by atoms with van der Waals surface area (Å²) >= 11 is 2.71. The molecule has 0 saturated heterocycles. The van der Waals surface area contributed by atoms with Crippen LogP contribution in [0.25, 0.3) is 0 Å². The summed E-state index contributed by atoms with van der Waals surface area (Å²) in [4.78, 5) is 15.5. The molecule has 0 saturated carbocycles. The molecule has 0 spiro atoms. The van der Waals surface area contributed by atoms with Crippen LogP contribution in [-0.4, -0.2) is 17.4 Å². The summed E-state index contributed by atoms with van der Waals surface area (Å²) in [5.74, 6) is -0.605. The van der Waals surface area contributed by atoms with E-state index in [1.54, 1.807) is 0 Å². The molecule has 8 heteroatoms. The molecule has 1 aromatic heterocycles. The Balaban J connectivity index is 3.04. The molecule has 1 amide bonds. The number of carbonyl (C=O) groups is 1. The van der Waals surface area contributed by atoms with Crippen molar-refractivity contribution in [2.45, 2.75) is 26.9 Å². The first-order chi connectivity index (χ1) is 8.92. The topological polar surface area (TPSA) is 68.0 Å². The second-order valence-corrected chi connectivity index (χ2v) is 6.26. The lowest BCUT2D eigenvalue weighted by molar-refractivity contribution is -0.138. The van der Waals surface area contributed by atoms with Gasteiger partial charge in [-0.05, 0) is 27.4 Å². The van der Waals surface area contributed by atoms with Crippen LogP contribution in [0, 0.1) is 5.41 Å². The monoisotopic (exact) mass is 353 g/mol. The largest absolute Gasteiger partial charge is 0.419 e. The fourth-order valence-corrected chi connectivity index (χ4v) is 1.83. The number of nitrogen functional groups attached to an aromatic ring is 1. The summed E-state index contributed by atoms with van der Waals surface area (Å²) in [6.07, 6.45) is -4.58. The molecule has 4 nitrogen and oxygen atoms in total. The van der Waals surface area contributed by atoms with Crippen molar-refractivity contribution < 1.29 is 18.0 Å². The van der Waals surface area contributed by atoms with Crippen LogP contribution in [0.1, 0.15) is 36.8 Å². The van der Waals surface area contributed by atoms with Gasteiger partial charge in [0.25, 0.3) is 5.91 Å². The number of hydrogen-bond donors (Lipinski definition) is 2. The van der Waals surface area contributed by atoms with Gasteiger partial charge in [0.05, 0.1) is 11.3 Å². The molecule has 3 N–H and O–H groups in total. The highest BCUT2D eigenvalue weighted by Gasteiger charge is 2.35. The Kier molecular flexibility index (Phi) is 4.68. The first-order valence-electron chi connectivity index (χ1n) is 5.73. The molecule has 0 bridgehead atoms. The zero-order valence-electron chi connectivity index (χ0n) is 11.2. The van der Waals surface area contributed by atoms with Gasteiger partial charge in [-0.15, -0.1) is 0 Å². The summed E-state index contributed by atoms with van der Waals surface area (Å²) < 4.78 is 37.5. The molecule has 0 aromatic carbocycles. The van der Waals surface area contributed by atoms with Crippen molar-refractivity contribution in [3.8, 4) is 0 Å². The molecule has 0 aliphatic rings. The van der Waals surface area contributed by atoms with Crippen LogP contribution in [0.2, 0.25) is 0 Å². The van der Waals surface area contributed by atoms with Crippen LogP contribution < -0.4 is 11.1 Å². The Morgan fingerprint density at radius 1 is 1.40 bits per heavy atom. The number of pyridine rings is 1. The van der Waals surface area contributed by atoms with Crippen LogP contribution in [0.4, 0.5) is 18.9 Å². The average molecular weight is 354 g/mol. The maximum atomic E-state index is 12.6. The molecule has 20 heavy (non-hydrogen) atoms. The second kappa shape index (κ2) is 5.59. The first-order valence-corrected chi connectivity index (χ1v) is 6.52. The van der Waals surface area contributed by atoms with E-state index in [0.717, 1.165) is 0 Å². The molecular weight excluding hydrogens is 339 g/mol. The van der Waals surface area contributed by atoms with Crippen LogP contribution in [-0.2, 0) is 6.18 Å². The van der Waals surface area contributed by atoms with Crippen molar-refractivity contribution in [2.24, 2.45) is 5.41 Å². The Morgan fingerprint density at radius 3 is 2.40 bits per heavy atom. The van der Waals surface area contributed by atoms with E-state index in [4.69, 9.17) is 5.73 Å². The Hall–Kier alpha value is -1.31. The number of carbonyl (C=O) groups excluding carboxylic acids is 1. The second-order valence-electron chi connectivity index (χ2n) is 5.51. The number of rotatable bonds is 2. The first kappa shape index (κ1) is 16.7. The SMILES string of the molecule is CC(C)(C)CNC(=O)c1nc(Br)c(C(F)(F)F)cc1N. The quantitative estimate of drug-likeness (QED) is 0.802. The molecule has 0 fully saturated rings. The zero-order valence-corrected chi connectivity index (χ0v) is 12.8. The third kappa shape index (κ3) is 4.36. The maximum absolute atomic E-state index is 12.6. The summed E-state index contributed by atoms with van der Waals surface area (Å²) in [5, 5.41) is 2.58. The predicted molar refractivity (Wildman–Crippen MR) is 73.1 cm³/mol. The number of nitrogens with two attached hydrogens (primary N) is 1. The zero-order chi connectivity index (χ0) is 15.7. The third-order valence-corrected chi connectivity index (χ3v) is 2.91. The summed E-state index contributed by atoms with van der Waals surface area (Å²) in [7, 11) is 0. The minimum atomic E-state index is -4.58. The third-order valence-electron chi connectivity index (χ3n) is 2.31. The molecular formula is C12H15BrF3N3O. The number of halogens is 4. The van der Waals surface area contributed by atoms with Crippen molar-refractivity contribution in [3.05, 3.63) is 21.9 Å². The standard InChI is InChI=1S/C12H15BrF3N3O/c1-11(2,3)5-18-10(20)8-7(17)4-6(9(13)19-8)12(14,15)16/h4H,5,17H2,1-3H3,(H,18,20). The normalized spacial score (nSPS) is 12.3. The maximum Gasteiger partial charge on any atom is 0.419 e. The van der Waals surface area contributed by atoms with E-state index in [0.29, 0.717) is 12.6 Å². The van der Waals surface area contributed by atoms with Gasteiger partial charge in [-0.25, -0.2) is 4.98 Å². The Morgan fingerprint density at radius 2 is 1.95 bits per heavy atom. The lowest BCUT2D eigenvalue weighted by atomic mass is 9.97. The van der Waals surface area contributed by atoms with Gasteiger partial charge < -0.3 is 11.1 Å². The van der Waals surface area contributed by atoms with E-state index in [2.05, 4.69) is 26.2 Å². The van der Waals surface area contributed by atoms with E-state index in [1.807, 2.05) is 20.8 Å². The van der Waals surface area contributed by atoms with Gasteiger partial charge in [-0.3, -0.25) is 4.79 Å². The molecule has 1 heterocycles. The minimum absolute atomic E-state index is 0.159. The highest BCUT2D eigenvalue weighted by Crippen LogP contribution is 2.35. The van der Waals surface area contributed by atoms with E-state index < -0.39 is 22.3 Å². The van der Waals surface area contributed by atoms with Gasteiger partial charge in [0.2, 0.25) is 0 Å². The molecule has 1 aromatic rings. The van der Waals surface area contributed by atoms with Crippen LogP contribution >= 0.6 is 15.9 Å². The number of nitrogens with zero attached hydrogens (tertiary/aromatic N) is 1. The molecule has 0 radical (unpaired) electrons. The van der Waals surface area contributed by atoms with Crippen molar-refractivity contribution >= 4 is 27.5 Å². The van der Waals surface area contributed by atoms with Gasteiger partial charge in [-0.1, -0.05) is 20.8 Å². The Bertz CT molecular complexity index is 524. The van der Waals surface area contributed by atoms with Gasteiger partial charge in [0, 0.05) is 6.54 Å². The lowest BCUT2D eigenvalue weighted by Gasteiger charge is -2.19. The van der Waals surface area contributed by atoms with Crippen molar-refractivity contribution in [1.29, 1.82) is 0 Å². The van der Waals surface area contributed by atoms with Crippen molar-refractivity contribution in [1.82, 2.24) is 10.3 Å². The van der Waals surface area contributed by atoms with Gasteiger partial charge in [-0.2, -0.15) is 13.2 Å². The minimum Gasteiger partial charge on any atom is -0.397 e. The summed E-state index contributed by atoms with van der Waals surface area (Å²) in [6.45, 7) is 6.08. The molecule has 1 rings (SSSR count). The summed E-state index contributed by atoms with van der Waals surface area (Å²) in [6, 6.07) is 0.698. The highest BCUT2D eigenvalue weighted by molar-refractivity contribution is 9.10. The fraction of sp³-hybridized carbons (Fsp3) is 0.500. The van der Waals surface area contributed by atoms with E-state index >= 15 is 0 Å². The Labute approximate surface area is 123 Å². The molecule has 0 aliphatic heterocycles. The van der Waals surface area contributed by atoms with Crippen molar-refractivity contribution in [3.63, 3.8) is 0 Å². The number of aromatic nitrogens is 1. The van der Waals surface area contributed by atoms with Gasteiger partial charge >= 0.3 is 6.18 Å². The highest BCUT2D eigenvalue weighted by atomic mass is 79.9.